The summed E-state index contributed by atoms with van der Waals surface area (Å²) in [6.45, 7) is 9.80. The quantitative estimate of drug-likeness (QED) is 0.873. The van der Waals surface area contributed by atoms with Gasteiger partial charge in [-0.25, -0.2) is 0 Å². The topological polar surface area (TPSA) is 12.0 Å². The predicted octanol–water partition coefficient (Wildman–Crippen LogP) is 4.10. The van der Waals surface area contributed by atoms with Gasteiger partial charge in [-0.05, 0) is 49.2 Å². The molecule has 1 heterocycles. The van der Waals surface area contributed by atoms with Crippen LogP contribution in [0.15, 0.2) is 10.5 Å². The largest absolute Gasteiger partial charge is 0.307 e. The smallest absolute Gasteiger partial charge is 0.0314 e. The monoisotopic (exact) mass is 275 g/mol. The van der Waals surface area contributed by atoms with E-state index in [2.05, 4.69) is 55.0 Å². The number of halogens is 1. The molecule has 0 amide bonds. The van der Waals surface area contributed by atoms with Crippen molar-refractivity contribution in [3.63, 3.8) is 0 Å². The van der Waals surface area contributed by atoms with Crippen LogP contribution in [0.3, 0.4) is 0 Å². The van der Waals surface area contributed by atoms with Crippen LogP contribution in [0, 0.1) is 6.92 Å². The molecule has 1 rings (SSSR count). The van der Waals surface area contributed by atoms with Crippen LogP contribution in [-0.4, -0.2) is 5.54 Å². The summed E-state index contributed by atoms with van der Waals surface area (Å²) in [6.07, 6.45) is 1.15. The fraction of sp³-hybridized carbons (Fsp3) is 0.636. The molecule has 0 aliphatic rings. The van der Waals surface area contributed by atoms with Gasteiger partial charge < -0.3 is 5.32 Å². The molecule has 0 saturated heterocycles. The van der Waals surface area contributed by atoms with E-state index in [0.717, 1.165) is 13.0 Å². The van der Waals surface area contributed by atoms with Crippen molar-refractivity contribution in [3.8, 4) is 0 Å². The molecular weight excluding hydrogens is 258 g/mol. The summed E-state index contributed by atoms with van der Waals surface area (Å²) in [5.74, 6) is 0. The standard InChI is InChI=1S/C11H18BrNS/c1-5-11(3,4)13-7-9-6-10(12)8(2)14-9/h6,13H,5,7H2,1-4H3. The van der Waals surface area contributed by atoms with E-state index in [0.29, 0.717) is 0 Å². The van der Waals surface area contributed by atoms with Gasteiger partial charge in [-0.1, -0.05) is 6.92 Å². The Hall–Kier alpha value is 0.140. The number of nitrogens with one attached hydrogen (secondary N) is 1. The first-order valence-corrected chi connectivity index (χ1v) is 6.55. The Morgan fingerprint density at radius 1 is 1.50 bits per heavy atom. The van der Waals surface area contributed by atoms with Crippen LogP contribution in [0.1, 0.15) is 36.9 Å². The lowest BCUT2D eigenvalue weighted by Gasteiger charge is -2.24. The summed E-state index contributed by atoms with van der Waals surface area (Å²) in [6, 6.07) is 2.21. The summed E-state index contributed by atoms with van der Waals surface area (Å²) in [7, 11) is 0. The Kier molecular flexibility index (Phi) is 4.16. The van der Waals surface area contributed by atoms with Crippen molar-refractivity contribution in [2.45, 2.75) is 46.2 Å². The fourth-order valence-electron chi connectivity index (χ4n) is 1.06. The molecular formula is C11H18BrNS. The van der Waals surface area contributed by atoms with E-state index in [9.17, 15) is 0 Å². The van der Waals surface area contributed by atoms with Gasteiger partial charge in [-0.3, -0.25) is 0 Å². The minimum atomic E-state index is 0.240. The number of aryl methyl sites for hydroxylation is 1. The summed E-state index contributed by atoms with van der Waals surface area (Å²) < 4.78 is 1.23. The highest BCUT2D eigenvalue weighted by Gasteiger charge is 2.14. The van der Waals surface area contributed by atoms with Crippen LogP contribution in [-0.2, 0) is 6.54 Å². The molecule has 1 aromatic rings. The molecule has 1 nitrogen and oxygen atoms in total. The summed E-state index contributed by atoms with van der Waals surface area (Å²) in [4.78, 5) is 2.76. The van der Waals surface area contributed by atoms with E-state index in [1.807, 2.05) is 11.3 Å². The predicted molar refractivity (Wildman–Crippen MR) is 68.0 cm³/mol. The van der Waals surface area contributed by atoms with Crippen molar-refractivity contribution < 1.29 is 0 Å². The molecule has 0 aromatic carbocycles. The van der Waals surface area contributed by atoms with Gasteiger partial charge in [0.15, 0.2) is 0 Å². The first kappa shape index (κ1) is 12.2. The van der Waals surface area contributed by atoms with Crippen LogP contribution in [0.2, 0.25) is 0 Å². The van der Waals surface area contributed by atoms with E-state index in [1.165, 1.54) is 14.2 Å². The van der Waals surface area contributed by atoms with Crippen molar-refractivity contribution in [2.24, 2.45) is 0 Å². The molecule has 0 atom stereocenters. The van der Waals surface area contributed by atoms with Gasteiger partial charge in [0, 0.05) is 26.3 Å². The van der Waals surface area contributed by atoms with Crippen molar-refractivity contribution in [2.75, 3.05) is 0 Å². The van der Waals surface area contributed by atoms with Gasteiger partial charge in [0.05, 0.1) is 0 Å². The first-order chi connectivity index (χ1) is 6.44. The Labute approximate surface area is 99.0 Å². The third-order valence-electron chi connectivity index (χ3n) is 2.53. The maximum absolute atomic E-state index is 3.56. The number of hydrogen-bond donors (Lipinski definition) is 1. The molecule has 0 aliphatic heterocycles. The number of rotatable bonds is 4. The Bertz CT molecular complexity index is 285. The van der Waals surface area contributed by atoms with Crippen molar-refractivity contribution >= 4 is 27.3 Å². The van der Waals surface area contributed by atoms with E-state index >= 15 is 0 Å². The third-order valence-corrected chi connectivity index (χ3v) is 4.67. The second-order valence-electron chi connectivity index (χ2n) is 4.21. The second kappa shape index (κ2) is 4.77. The summed E-state index contributed by atoms with van der Waals surface area (Å²) >= 11 is 5.39. The second-order valence-corrected chi connectivity index (χ2v) is 6.40. The van der Waals surface area contributed by atoms with Gasteiger partial charge in [0.25, 0.3) is 0 Å². The van der Waals surface area contributed by atoms with Crippen LogP contribution in [0.25, 0.3) is 0 Å². The zero-order valence-corrected chi connectivity index (χ0v) is 11.7. The highest BCUT2D eigenvalue weighted by Crippen LogP contribution is 2.26. The first-order valence-electron chi connectivity index (χ1n) is 4.94. The molecule has 1 N–H and O–H groups in total. The average molecular weight is 276 g/mol. The maximum Gasteiger partial charge on any atom is 0.0314 e. The minimum absolute atomic E-state index is 0.240. The number of thiophene rings is 1. The minimum Gasteiger partial charge on any atom is -0.307 e. The van der Waals surface area contributed by atoms with Crippen molar-refractivity contribution in [1.29, 1.82) is 0 Å². The van der Waals surface area contributed by atoms with Crippen molar-refractivity contribution in [3.05, 3.63) is 20.3 Å². The van der Waals surface area contributed by atoms with Crippen LogP contribution in [0.4, 0.5) is 0 Å². The highest BCUT2D eigenvalue weighted by atomic mass is 79.9. The zero-order chi connectivity index (χ0) is 10.8. The molecule has 0 spiro atoms. The average Bonchev–Trinajstić information content (AvgIpc) is 2.44. The van der Waals surface area contributed by atoms with E-state index in [1.54, 1.807) is 0 Å². The molecule has 0 aliphatic carbocycles. The molecule has 3 heteroatoms. The van der Waals surface area contributed by atoms with Gasteiger partial charge in [-0.2, -0.15) is 0 Å². The van der Waals surface area contributed by atoms with E-state index in [4.69, 9.17) is 0 Å². The lowest BCUT2D eigenvalue weighted by Crippen LogP contribution is -2.37. The molecule has 0 saturated carbocycles. The SMILES string of the molecule is CCC(C)(C)NCc1cc(Br)c(C)s1. The van der Waals surface area contributed by atoms with Gasteiger partial charge in [0.2, 0.25) is 0 Å². The molecule has 0 fully saturated rings. The van der Waals surface area contributed by atoms with Gasteiger partial charge in [0.1, 0.15) is 0 Å². The van der Waals surface area contributed by atoms with Crippen LogP contribution in [0.5, 0.6) is 0 Å². The normalized spacial score (nSPS) is 12.1. The molecule has 1 aromatic heterocycles. The third kappa shape index (κ3) is 3.37. The molecule has 80 valence electrons. The van der Waals surface area contributed by atoms with E-state index < -0.39 is 0 Å². The van der Waals surface area contributed by atoms with Gasteiger partial charge >= 0.3 is 0 Å². The Morgan fingerprint density at radius 2 is 2.14 bits per heavy atom. The maximum atomic E-state index is 3.56. The lowest BCUT2D eigenvalue weighted by atomic mass is 10.0. The molecule has 0 radical (unpaired) electrons. The molecule has 14 heavy (non-hydrogen) atoms. The van der Waals surface area contributed by atoms with Gasteiger partial charge in [-0.15, -0.1) is 11.3 Å². The summed E-state index contributed by atoms with van der Waals surface area (Å²) in [5.41, 5.74) is 0.240. The molecule has 0 bridgehead atoms. The lowest BCUT2D eigenvalue weighted by molar-refractivity contribution is 0.376. The molecule has 0 unspecified atom stereocenters. The number of hydrogen-bond acceptors (Lipinski definition) is 2. The summed E-state index contributed by atoms with van der Waals surface area (Å²) in [5, 5.41) is 3.56. The zero-order valence-electron chi connectivity index (χ0n) is 9.28. The Morgan fingerprint density at radius 3 is 2.57 bits per heavy atom. The van der Waals surface area contributed by atoms with Crippen LogP contribution >= 0.6 is 27.3 Å². The van der Waals surface area contributed by atoms with Crippen molar-refractivity contribution in [1.82, 2.24) is 5.32 Å². The Balaban J connectivity index is 2.54. The van der Waals surface area contributed by atoms with E-state index in [-0.39, 0.29) is 5.54 Å². The fourth-order valence-corrected chi connectivity index (χ4v) is 2.60. The highest BCUT2D eigenvalue weighted by molar-refractivity contribution is 9.10. The van der Waals surface area contributed by atoms with Crippen LogP contribution < -0.4 is 5.32 Å².